The van der Waals surface area contributed by atoms with E-state index in [1.165, 1.54) is 12.1 Å². The molecule has 8 nitrogen and oxygen atoms in total. The van der Waals surface area contributed by atoms with Crippen molar-refractivity contribution >= 4 is 22.8 Å². The number of alkyl halides is 3. The summed E-state index contributed by atoms with van der Waals surface area (Å²) < 4.78 is 41.3. The molecule has 2 unspecified atom stereocenters. The van der Waals surface area contributed by atoms with Crippen molar-refractivity contribution in [2.75, 3.05) is 26.2 Å². The maximum atomic E-state index is 13.1. The van der Waals surface area contributed by atoms with Crippen molar-refractivity contribution in [1.29, 1.82) is 0 Å². The van der Waals surface area contributed by atoms with Gasteiger partial charge in [-0.25, -0.2) is 0 Å². The third-order valence-electron chi connectivity index (χ3n) is 7.48. The highest BCUT2D eigenvalue weighted by atomic mass is 19.4. The van der Waals surface area contributed by atoms with E-state index < -0.39 is 6.36 Å². The Morgan fingerprint density at radius 2 is 1.70 bits per heavy atom. The molecule has 2 fully saturated rings. The van der Waals surface area contributed by atoms with E-state index in [2.05, 4.69) is 20.1 Å². The zero-order valence-electron chi connectivity index (χ0n) is 20.4. The SMILES string of the molecule is Cc1cc(OC(F)(F)F)ccc1CCC(=O)N1CCC2CN(C(=O)c3ccc4n[nH]nc4c3)CC2CC1. The topological polar surface area (TPSA) is 91.4 Å². The molecule has 0 aliphatic carbocycles. The quantitative estimate of drug-likeness (QED) is 0.552. The van der Waals surface area contributed by atoms with Gasteiger partial charge in [-0.15, -0.1) is 13.2 Å². The number of hydrogen-bond acceptors (Lipinski definition) is 5. The Labute approximate surface area is 211 Å². The van der Waals surface area contributed by atoms with Crippen molar-refractivity contribution in [3.05, 3.63) is 53.1 Å². The summed E-state index contributed by atoms with van der Waals surface area (Å²) in [5, 5.41) is 10.6. The van der Waals surface area contributed by atoms with Crippen LogP contribution in [0.2, 0.25) is 0 Å². The average Bonchev–Trinajstić information content (AvgIpc) is 3.44. The zero-order chi connectivity index (χ0) is 26.2. The van der Waals surface area contributed by atoms with E-state index in [1.807, 2.05) is 9.80 Å². The van der Waals surface area contributed by atoms with Gasteiger partial charge < -0.3 is 14.5 Å². The van der Waals surface area contributed by atoms with Crippen molar-refractivity contribution in [3.8, 4) is 5.75 Å². The number of ether oxygens (including phenoxy) is 1. The molecule has 2 atom stereocenters. The van der Waals surface area contributed by atoms with Gasteiger partial charge in [0, 0.05) is 38.2 Å². The van der Waals surface area contributed by atoms with Gasteiger partial charge in [-0.1, -0.05) is 6.07 Å². The number of carbonyl (C=O) groups is 2. The molecule has 37 heavy (non-hydrogen) atoms. The molecule has 5 rings (SSSR count). The number of amides is 2. The maximum Gasteiger partial charge on any atom is 0.573 e. The Morgan fingerprint density at radius 3 is 2.38 bits per heavy atom. The number of halogens is 3. The number of carbonyl (C=O) groups excluding carboxylic acids is 2. The van der Waals surface area contributed by atoms with Crippen LogP contribution < -0.4 is 4.74 Å². The fraction of sp³-hybridized carbons (Fsp3) is 0.462. The first-order valence-corrected chi connectivity index (χ1v) is 12.4. The van der Waals surface area contributed by atoms with Crippen LogP contribution in [0, 0.1) is 18.8 Å². The average molecular weight is 516 g/mol. The number of benzene rings is 2. The van der Waals surface area contributed by atoms with Crippen LogP contribution in [-0.4, -0.2) is 69.6 Å². The number of nitrogens with one attached hydrogen (secondary N) is 1. The smallest absolute Gasteiger partial charge is 0.406 e. The van der Waals surface area contributed by atoms with Crippen LogP contribution in [0.25, 0.3) is 11.0 Å². The van der Waals surface area contributed by atoms with Gasteiger partial charge in [0.15, 0.2) is 0 Å². The summed E-state index contributed by atoms with van der Waals surface area (Å²) in [6.45, 7) is 4.35. The molecule has 3 aromatic rings. The van der Waals surface area contributed by atoms with Gasteiger partial charge in [-0.2, -0.15) is 15.4 Å². The minimum atomic E-state index is -4.73. The van der Waals surface area contributed by atoms with E-state index in [4.69, 9.17) is 0 Å². The Morgan fingerprint density at radius 1 is 1.00 bits per heavy atom. The molecular formula is C26H28F3N5O3. The molecule has 0 saturated carbocycles. The lowest BCUT2D eigenvalue weighted by Crippen LogP contribution is -2.34. The second-order valence-electron chi connectivity index (χ2n) is 9.85. The molecule has 0 bridgehead atoms. The minimum Gasteiger partial charge on any atom is -0.406 e. The summed E-state index contributed by atoms with van der Waals surface area (Å²) >= 11 is 0. The highest BCUT2D eigenvalue weighted by Crippen LogP contribution is 2.33. The molecule has 1 aromatic heterocycles. The van der Waals surface area contributed by atoms with E-state index in [1.54, 1.807) is 31.2 Å². The monoisotopic (exact) mass is 515 g/mol. The second kappa shape index (κ2) is 10.0. The van der Waals surface area contributed by atoms with Crippen LogP contribution in [0.4, 0.5) is 13.2 Å². The van der Waals surface area contributed by atoms with Crippen LogP contribution in [0.15, 0.2) is 36.4 Å². The maximum absolute atomic E-state index is 13.1. The molecule has 2 aliphatic rings. The van der Waals surface area contributed by atoms with Gasteiger partial charge in [-0.3, -0.25) is 9.59 Å². The number of aromatic amines is 1. The number of nitrogens with zero attached hydrogens (tertiary/aromatic N) is 4. The van der Waals surface area contributed by atoms with Gasteiger partial charge >= 0.3 is 6.36 Å². The molecule has 2 aromatic carbocycles. The summed E-state index contributed by atoms with van der Waals surface area (Å²) in [7, 11) is 0. The second-order valence-corrected chi connectivity index (χ2v) is 9.85. The predicted octanol–water partition coefficient (Wildman–Crippen LogP) is 4.11. The van der Waals surface area contributed by atoms with Crippen LogP contribution in [-0.2, 0) is 11.2 Å². The molecule has 0 radical (unpaired) electrons. The predicted molar refractivity (Wildman–Crippen MR) is 129 cm³/mol. The third-order valence-corrected chi connectivity index (χ3v) is 7.48. The van der Waals surface area contributed by atoms with E-state index in [0.717, 1.165) is 23.9 Å². The van der Waals surface area contributed by atoms with Crippen molar-refractivity contribution in [2.24, 2.45) is 11.8 Å². The summed E-state index contributed by atoms with van der Waals surface area (Å²) in [5.41, 5.74) is 3.47. The lowest BCUT2D eigenvalue weighted by Gasteiger charge is -2.23. The zero-order valence-corrected chi connectivity index (χ0v) is 20.4. The fourth-order valence-electron chi connectivity index (χ4n) is 5.46. The molecule has 2 aliphatic heterocycles. The molecule has 11 heteroatoms. The van der Waals surface area contributed by atoms with Crippen LogP contribution in [0.5, 0.6) is 5.75 Å². The minimum absolute atomic E-state index is 0.00655. The van der Waals surface area contributed by atoms with Gasteiger partial charge in [0.05, 0.1) is 0 Å². The number of fused-ring (bicyclic) bond motifs is 2. The Kier molecular flexibility index (Phi) is 6.78. The Balaban J connectivity index is 1.13. The van der Waals surface area contributed by atoms with Gasteiger partial charge in [0.25, 0.3) is 5.91 Å². The van der Waals surface area contributed by atoms with Gasteiger partial charge in [-0.05, 0) is 79.5 Å². The molecule has 1 N–H and O–H groups in total. The molecule has 2 saturated heterocycles. The lowest BCUT2D eigenvalue weighted by atomic mass is 9.92. The Bertz CT molecular complexity index is 1290. The standard InChI is InChI=1S/C26H28F3N5O3/c1-16-12-21(37-26(27,28)29)5-2-17(16)4-7-24(35)33-10-8-19-14-34(15-20(19)9-11-33)25(36)18-3-6-22-23(13-18)31-32-30-22/h2-3,5-6,12-13,19-20H,4,7-11,14-15H2,1H3,(H,30,31,32). The van der Waals surface area contributed by atoms with Crippen LogP contribution >= 0.6 is 0 Å². The van der Waals surface area contributed by atoms with Crippen molar-refractivity contribution in [3.63, 3.8) is 0 Å². The number of aryl methyl sites for hydroxylation is 2. The molecule has 3 heterocycles. The van der Waals surface area contributed by atoms with Crippen LogP contribution in [0.3, 0.4) is 0 Å². The highest BCUT2D eigenvalue weighted by Gasteiger charge is 2.38. The molecular weight excluding hydrogens is 487 g/mol. The summed E-state index contributed by atoms with van der Waals surface area (Å²) in [4.78, 5) is 29.8. The summed E-state index contributed by atoms with van der Waals surface area (Å²) in [5.74, 6) is 0.476. The first-order chi connectivity index (χ1) is 17.7. The van der Waals surface area contributed by atoms with Crippen molar-refractivity contribution < 1.29 is 27.5 Å². The highest BCUT2D eigenvalue weighted by molar-refractivity contribution is 5.97. The number of aromatic nitrogens is 3. The van der Waals surface area contributed by atoms with Crippen molar-refractivity contribution in [2.45, 2.75) is 39.0 Å². The van der Waals surface area contributed by atoms with Gasteiger partial charge in [0.1, 0.15) is 16.8 Å². The van der Waals surface area contributed by atoms with E-state index in [-0.39, 0.29) is 17.6 Å². The first kappa shape index (κ1) is 25.0. The first-order valence-electron chi connectivity index (χ1n) is 12.4. The van der Waals surface area contributed by atoms with E-state index in [0.29, 0.717) is 67.5 Å². The number of H-pyrrole nitrogens is 1. The number of hydrogen-bond donors (Lipinski definition) is 1. The largest absolute Gasteiger partial charge is 0.573 e. The normalized spacial score (nSPS) is 20.1. The fourth-order valence-corrected chi connectivity index (χ4v) is 5.46. The number of likely N-dealkylation sites (tertiary alicyclic amines) is 2. The van der Waals surface area contributed by atoms with E-state index in [9.17, 15) is 22.8 Å². The molecule has 196 valence electrons. The van der Waals surface area contributed by atoms with Crippen molar-refractivity contribution in [1.82, 2.24) is 25.2 Å². The number of rotatable bonds is 5. The molecule has 0 spiro atoms. The third kappa shape index (κ3) is 5.70. The van der Waals surface area contributed by atoms with Crippen LogP contribution in [0.1, 0.15) is 40.7 Å². The van der Waals surface area contributed by atoms with Gasteiger partial charge in [0.2, 0.25) is 5.91 Å². The lowest BCUT2D eigenvalue weighted by molar-refractivity contribution is -0.274. The van der Waals surface area contributed by atoms with E-state index >= 15 is 0 Å². The molecule has 2 amide bonds. The Hall–Kier alpha value is -3.63. The summed E-state index contributed by atoms with van der Waals surface area (Å²) in [6, 6.07) is 9.54. The summed E-state index contributed by atoms with van der Waals surface area (Å²) in [6.07, 6.45) is -2.30.